The van der Waals surface area contributed by atoms with Gasteiger partial charge < -0.3 is 4.74 Å². The summed E-state index contributed by atoms with van der Waals surface area (Å²) in [4.78, 5) is 25.7. The lowest BCUT2D eigenvalue weighted by atomic mass is 9.95. The van der Waals surface area contributed by atoms with Gasteiger partial charge in [-0.1, -0.05) is 53.2 Å². The van der Waals surface area contributed by atoms with Gasteiger partial charge in [0.1, 0.15) is 24.3 Å². The molecule has 7 heteroatoms. The van der Waals surface area contributed by atoms with Crippen molar-refractivity contribution in [3.05, 3.63) is 69.7 Å². The zero-order valence-corrected chi connectivity index (χ0v) is 15.5. The molecular formula is C19H16BrF2NO3. The third-order valence-electron chi connectivity index (χ3n) is 4.34. The van der Waals surface area contributed by atoms with Crippen LogP contribution in [0.4, 0.5) is 13.6 Å². The van der Waals surface area contributed by atoms with E-state index in [2.05, 4.69) is 15.9 Å². The molecule has 2 atom stereocenters. The van der Waals surface area contributed by atoms with Crippen LogP contribution in [0.3, 0.4) is 0 Å². The zero-order valence-electron chi connectivity index (χ0n) is 13.9. The van der Waals surface area contributed by atoms with Gasteiger partial charge in [0, 0.05) is 16.5 Å². The predicted molar refractivity (Wildman–Crippen MR) is 94.5 cm³/mol. The highest BCUT2D eigenvalue weighted by Crippen LogP contribution is 2.32. The molecule has 2 aromatic carbocycles. The highest BCUT2D eigenvalue weighted by Gasteiger charge is 2.39. The lowest BCUT2D eigenvalue weighted by Crippen LogP contribution is -2.35. The average Bonchev–Trinajstić information content (AvgIpc) is 2.96. The number of hydrogen-bond donors (Lipinski definition) is 0. The van der Waals surface area contributed by atoms with E-state index < -0.39 is 35.6 Å². The summed E-state index contributed by atoms with van der Waals surface area (Å²) < 4.78 is 33.5. The first kappa shape index (κ1) is 18.5. The molecule has 1 saturated heterocycles. The minimum atomic E-state index is -0.743. The number of carbonyl (C=O) groups excluding carboxylic acids is 2. The van der Waals surface area contributed by atoms with Gasteiger partial charge in [0.15, 0.2) is 0 Å². The molecule has 1 aliphatic heterocycles. The highest BCUT2D eigenvalue weighted by molar-refractivity contribution is 9.10. The van der Waals surface area contributed by atoms with E-state index in [-0.39, 0.29) is 23.1 Å². The molecule has 0 spiro atoms. The molecule has 0 radical (unpaired) electrons. The fourth-order valence-electron chi connectivity index (χ4n) is 3.10. The van der Waals surface area contributed by atoms with Crippen LogP contribution in [0.15, 0.2) is 46.9 Å². The molecule has 0 bridgehead atoms. The zero-order chi connectivity index (χ0) is 18.8. The van der Waals surface area contributed by atoms with Gasteiger partial charge >= 0.3 is 6.09 Å². The molecule has 1 fully saturated rings. The maximum Gasteiger partial charge on any atom is 0.417 e. The van der Waals surface area contributed by atoms with Gasteiger partial charge in [0.2, 0.25) is 5.91 Å². The van der Waals surface area contributed by atoms with Gasteiger partial charge in [-0.3, -0.25) is 4.79 Å². The average molecular weight is 424 g/mol. The van der Waals surface area contributed by atoms with E-state index in [1.807, 2.05) is 6.07 Å². The van der Waals surface area contributed by atoms with Gasteiger partial charge in [-0.15, -0.1) is 0 Å². The fourth-order valence-corrected chi connectivity index (χ4v) is 3.51. The maximum atomic E-state index is 14.1. The van der Waals surface area contributed by atoms with Crippen molar-refractivity contribution in [2.24, 2.45) is 0 Å². The monoisotopic (exact) mass is 423 g/mol. The Morgan fingerprint density at radius 1 is 1.27 bits per heavy atom. The Hall–Kier alpha value is -2.28. The van der Waals surface area contributed by atoms with Crippen LogP contribution in [0.1, 0.15) is 36.4 Å². The van der Waals surface area contributed by atoms with E-state index in [0.717, 1.165) is 22.6 Å². The van der Waals surface area contributed by atoms with Crippen LogP contribution in [-0.2, 0) is 9.53 Å². The Morgan fingerprint density at radius 2 is 1.88 bits per heavy atom. The normalized spacial score (nSPS) is 17.9. The molecule has 2 amide bonds. The number of halogens is 3. The molecule has 2 aromatic rings. The SMILES string of the molecule is CC(CC(=O)N1C(=O)OC[C@@H]1c1ccccc1)c1c(F)cc(Br)cc1F. The van der Waals surface area contributed by atoms with Crippen molar-refractivity contribution in [2.45, 2.75) is 25.3 Å². The number of ether oxygens (including phenoxy) is 1. The van der Waals surface area contributed by atoms with Crippen molar-refractivity contribution in [3.63, 3.8) is 0 Å². The maximum absolute atomic E-state index is 14.1. The molecule has 26 heavy (non-hydrogen) atoms. The highest BCUT2D eigenvalue weighted by atomic mass is 79.9. The minimum Gasteiger partial charge on any atom is -0.446 e. The number of benzene rings is 2. The second-order valence-corrected chi connectivity index (χ2v) is 7.07. The Bertz CT molecular complexity index is 821. The first-order chi connectivity index (χ1) is 12.4. The van der Waals surface area contributed by atoms with E-state index in [1.54, 1.807) is 31.2 Å². The van der Waals surface area contributed by atoms with Crippen LogP contribution >= 0.6 is 15.9 Å². The smallest absolute Gasteiger partial charge is 0.417 e. The third kappa shape index (κ3) is 3.62. The summed E-state index contributed by atoms with van der Waals surface area (Å²) in [7, 11) is 0. The standard InChI is InChI=1S/C19H16BrF2NO3/c1-11(18-14(21)8-13(20)9-15(18)22)7-17(24)23-16(10-26-19(23)25)12-5-3-2-4-6-12/h2-6,8-9,11,16H,7,10H2,1H3/t11?,16-/m1/s1. The van der Waals surface area contributed by atoms with Crippen LogP contribution in [0.5, 0.6) is 0 Å². The first-order valence-electron chi connectivity index (χ1n) is 8.06. The molecule has 4 nitrogen and oxygen atoms in total. The van der Waals surface area contributed by atoms with E-state index >= 15 is 0 Å². The second-order valence-electron chi connectivity index (χ2n) is 6.16. The summed E-state index contributed by atoms with van der Waals surface area (Å²) in [5, 5.41) is 0. The molecule has 0 N–H and O–H groups in total. The van der Waals surface area contributed by atoms with Crippen molar-refractivity contribution in [2.75, 3.05) is 6.61 Å². The van der Waals surface area contributed by atoms with Crippen molar-refractivity contribution in [3.8, 4) is 0 Å². The van der Waals surface area contributed by atoms with E-state index in [1.165, 1.54) is 0 Å². The number of imide groups is 1. The van der Waals surface area contributed by atoms with Crippen LogP contribution in [0.25, 0.3) is 0 Å². The molecule has 0 aliphatic carbocycles. The largest absolute Gasteiger partial charge is 0.446 e. The van der Waals surface area contributed by atoms with Crippen molar-refractivity contribution >= 4 is 27.9 Å². The Balaban J connectivity index is 1.81. The molecule has 3 rings (SSSR count). The van der Waals surface area contributed by atoms with Gasteiger partial charge in [-0.05, 0) is 23.6 Å². The number of cyclic esters (lactones) is 1. The van der Waals surface area contributed by atoms with Gasteiger partial charge in [-0.2, -0.15) is 0 Å². The van der Waals surface area contributed by atoms with Crippen molar-refractivity contribution < 1.29 is 23.1 Å². The number of nitrogens with zero attached hydrogens (tertiary/aromatic N) is 1. The fraction of sp³-hybridized carbons (Fsp3) is 0.263. The number of rotatable bonds is 4. The van der Waals surface area contributed by atoms with Gasteiger partial charge in [0.05, 0.1) is 0 Å². The van der Waals surface area contributed by atoms with E-state index in [9.17, 15) is 18.4 Å². The Labute approximate surface area is 157 Å². The summed E-state index contributed by atoms with van der Waals surface area (Å²) in [6.07, 6.45) is -0.957. The van der Waals surface area contributed by atoms with Crippen LogP contribution in [0, 0.1) is 11.6 Å². The van der Waals surface area contributed by atoms with E-state index in [4.69, 9.17) is 4.74 Å². The van der Waals surface area contributed by atoms with Gasteiger partial charge in [0.25, 0.3) is 0 Å². The predicted octanol–water partition coefficient (Wildman–Crippen LogP) is 4.94. The molecular weight excluding hydrogens is 408 g/mol. The van der Waals surface area contributed by atoms with Gasteiger partial charge in [-0.25, -0.2) is 18.5 Å². The van der Waals surface area contributed by atoms with Crippen LogP contribution in [0.2, 0.25) is 0 Å². The lowest BCUT2D eigenvalue weighted by molar-refractivity contribution is -0.129. The lowest BCUT2D eigenvalue weighted by Gasteiger charge is -2.22. The van der Waals surface area contributed by atoms with Crippen LogP contribution in [-0.4, -0.2) is 23.5 Å². The summed E-state index contributed by atoms with van der Waals surface area (Å²) in [6, 6.07) is 10.8. The Kier molecular flexibility index (Phi) is 5.36. The molecule has 0 aromatic heterocycles. The topological polar surface area (TPSA) is 46.6 Å². The summed E-state index contributed by atoms with van der Waals surface area (Å²) in [5.41, 5.74) is 0.589. The Morgan fingerprint density at radius 3 is 2.50 bits per heavy atom. The molecule has 0 saturated carbocycles. The molecule has 1 unspecified atom stereocenters. The molecule has 136 valence electrons. The molecule has 1 heterocycles. The third-order valence-corrected chi connectivity index (χ3v) is 4.80. The summed E-state index contributed by atoms with van der Waals surface area (Å²) in [5.74, 6) is -2.74. The minimum absolute atomic E-state index is 0.0595. The molecule has 1 aliphatic rings. The van der Waals surface area contributed by atoms with Crippen LogP contribution < -0.4 is 0 Å². The number of carbonyl (C=O) groups is 2. The second kappa shape index (κ2) is 7.53. The van der Waals surface area contributed by atoms with Crippen molar-refractivity contribution in [1.29, 1.82) is 0 Å². The first-order valence-corrected chi connectivity index (χ1v) is 8.86. The number of hydrogen-bond acceptors (Lipinski definition) is 3. The quantitative estimate of drug-likeness (QED) is 0.699. The van der Waals surface area contributed by atoms with Crippen molar-refractivity contribution in [1.82, 2.24) is 4.90 Å². The summed E-state index contributed by atoms with van der Waals surface area (Å²) in [6.45, 7) is 1.61. The summed E-state index contributed by atoms with van der Waals surface area (Å²) >= 11 is 3.03. The number of amides is 2. The van der Waals surface area contributed by atoms with E-state index in [0.29, 0.717) is 0 Å².